The van der Waals surface area contributed by atoms with Crippen molar-refractivity contribution in [3.05, 3.63) is 69.5 Å². The van der Waals surface area contributed by atoms with Gasteiger partial charge in [-0.25, -0.2) is 4.39 Å². The molecule has 94 valence electrons. The van der Waals surface area contributed by atoms with Crippen molar-refractivity contribution in [1.82, 2.24) is 0 Å². The van der Waals surface area contributed by atoms with Crippen LogP contribution in [0.4, 0.5) is 4.39 Å². The molecule has 0 aliphatic carbocycles. The Hall–Kier alpha value is -0.760. The summed E-state index contributed by atoms with van der Waals surface area (Å²) in [4.78, 5) is 0. The van der Waals surface area contributed by atoms with Gasteiger partial charge in [0.25, 0.3) is 0 Å². The smallest absolute Gasteiger partial charge is 0.129 e. The van der Waals surface area contributed by atoms with Crippen LogP contribution >= 0.6 is 34.8 Å². The molecule has 0 radical (unpaired) electrons. The molecule has 0 saturated carbocycles. The summed E-state index contributed by atoms with van der Waals surface area (Å²) < 4.78 is 13.7. The van der Waals surface area contributed by atoms with Crippen molar-refractivity contribution in [3.8, 4) is 0 Å². The molecule has 4 heteroatoms. The van der Waals surface area contributed by atoms with E-state index in [1.807, 2.05) is 12.1 Å². The number of benzene rings is 2. The second kappa shape index (κ2) is 5.92. The molecule has 2 aromatic carbocycles. The Labute approximate surface area is 120 Å². The van der Waals surface area contributed by atoms with Gasteiger partial charge in [-0.3, -0.25) is 0 Å². The predicted molar refractivity (Wildman–Crippen MR) is 75.2 cm³/mol. The summed E-state index contributed by atoms with van der Waals surface area (Å²) in [6.07, 6.45) is 0.539. The highest BCUT2D eigenvalue weighted by molar-refractivity contribution is 6.30. The minimum atomic E-state index is -0.427. The van der Waals surface area contributed by atoms with Gasteiger partial charge in [-0.2, -0.15) is 0 Å². The van der Waals surface area contributed by atoms with Crippen LogP contribution in [0.5, 0.6) is 0 Å². The van der Waals surface area contributed by atoms with Crippen LogP contribution in [0.15, 0.2) is 42.5 Å². The third-order valence-corrected chi connectivity index (χ3v) is 3.50. The molecule has 0 bridgehead atoms. The van der Waals surface area contributed by atoms with E-state index in [0.29, 0.717) is 22.0 Å². The summed E-state index contributed by atoms with van der Waals surface area (Å²) in [5.74, 6) is -0.378. The summed E-state index contributed by atoms with van der Waals surface area (Å²) in [6, 6.07) is 11.9. The molecule has 0 N–H and O–H groups in total. The van der Waals surface area contributed by atoms with Crippen LogP contribution in [0.2, 0.25) is 10.0 Å². The van der Waals surface area contributed by atoms with Crippen molar-refractivity contribution in [2.24, 2.45) is 0 Å². The van der Waals surface area contributed by atoms with Gasteiger partial charge in [0.1, 0.15) is 5.82 Å². The summed E-state index contributed by atoms with van der Waals surface area (Å²) in [5, 5.41) is 0.609. The van der Waals surface area contributed by atoms with Crippen LogP contribution in [-0.2, 0) is 6.42 Å². The molecule has 0 heterocycles. The molecule has 2 rings (SSSR count). The lowest BCUT2D eigenvalue weighted by Gasteiger charge is -2.11. The van der Waals surface area contributed by atoms with Gasteiger partial charge in [0.05, 0.1) is 5.38 Å². The molecule has 0 spiro atoms. The molecule has 0 fully saturated rings. The average molecular weight is 304 g/mol. The van der Waals surface area contributed by atoms with E-state index in [-0.39, 0.29) is 5.82 Å². The van der Waals surface area contributed by atoms with Gasteiger partial charge in [-0.05, 0) is 36.2 Å². The fraction of sp³-hybridized carbons (Fsp3) is 0.143. The molecule has 0 nitrogen and oxygen atoms in total. The highest BCUT2D eigenvalue weighted by atomic mass is 35.5. The molecule has 0 aliphatic heterocycles. The topological polar surface area (TPSA) is 0 Å². The second-order valence-corrected chi connectivity index (χ2v) is 5.36. The first-order valence-corrected chi connectivity index (χ1v) is 6.59. The third kappa shape index (κ3) is 3.38. The Morgan fingerprint density at radius 3 is 2.17 bits per heavy atom. The van der Waals surface area contributed by atoms with E-state index < -0.39 is 5.38 Å². The van der Waals surface area contributed by atoms with E-state index in [9.17, 15) is 4.39 Å². The van der Waals surface area contributed by atoms with E-state index in [2.05, 4.69) is 0 Å². The highest BCUT2D eigenvalue weighted by Gasteiger charge is 2.14. The lowest BCUT2D eigenvalue weighted by atomic mass is 10.0. The molecule has 18 heavy (non-hydrogen) atoms. The minimum Gasteiger partial charge on any atom is -0.207 e. The van der Waals surface area contributed by atoms with Crippen molar-refractivity contribution in [3.63, 3.8) is 0 Å². The molecule has 0 aromatic heterocycles. The van der Waals surface area contributed by atoms with E-state index in [1.54, 1.807) is 24.3 Å². The fourth-order valence-electron chi connectivity index (χ4n) is 1.69. The van der Waals surface area contributed by atoms with Crippen molar-refractivity contribution >= 4 is 34.8 Å². The second-order valence-electron chi connectivity index (χ2n) is 3.96. The maximum Gasteiger partial charge on any atom is 0.129 e. The number of rotatable bonds is 3. The van der Waals surface area contributed by atoms with E-state index in [1.165, 1.54) is 6.07 Å². The maximum atomic E-state index is 13.7. The number of halogens is 4. The summed E-state index contributed by atoms with van der Waals surface area (Å²) in [6.45, 7) is 0. The normalized spacial score (nSPS) is 12.4. The maximum absolute atomic E-state index is 13.7. The van der Waals surface area contributed by atoms with Crippen molar-refractivity contribution in [1.29, 1.82) is 0 Å². The van der Waals surface area contributed by atoms with Crippen LogP contribution in [0.1, 0.15) is 16.5 Å². The zero-order valence-corrected chi connectivity index (χ0v) is 11.6. The van der Waals surface area contributed by atoms with Crippen molar-refractivity contribution in [2.75, 3.05) is 0 Å². The van der Waals surface area contributed by atoms with Crippen LogP contribution in [0.3, 0.4) is 0 Å². The van der Waals surface area contributed by atoms with Crippen molar-refractivity contribution < 1.29 is 4.39 Å². The molecule has 0 saturated heterocycles. The van der Waals surface area contributed by atoms with Gasteiger partial charge in [0, 0.05) is 15.6 Å². The largest absolute Gasteiger partial charge is 0.207 e. The summed E-state index contributed by atoms with van der Waals surface area (Å²) in [5.41, 5.74) is 1.46. The first-order valence-electron chi connectivity index (χ1n) is 5.40. The molecule has 1 unspecified atom stereocenters. The zero-order valence-electron chi connectivity index (χ0n) is 9.34. The van der Waals surface area contributed by atoms with Crippen LogP contribution in [-0.4, -0.2) is 0 Å². The predicted octanol–water partition coefficient (Wildman–Crippen LogP) is 5.66. The van der Waals surface area contributed by atoms with E-state index in [4.69, 9.17) is 34.8 Å². The average Bonchev–Trinajstić information content (AvgIpc) is 2.32. The van der Waals surface area contributed by atoms with E-state index >= 15 is 0 Å². The van der Waals surface area contributed by atoms with Crippen LogP contribution in [0.25, 0.3) is 0 Å². The monoisotopic (exact) mass is 302 g/mol. The quantitative estimate of drug-likeness (QED) is 0.642. The number of alkyl halides is 1. The zero-order chi connectivity index (χ0) is 13.1. The first-order chi connectivity index (χ1) is 8.56. The SMILES string of the molecule is Fc1cc(Cl)ccc1C(Cl)Cc1ccc(Cl)cc1. The minimum absolute atomic E-state index is 0.367. The molecular formula is C14H10Cl3F. The molecule has 0 aliphatic rings. The Morgan fingerprint density at radius 2 is 1.56 bits per heavy atom. The van der Waals surface area contributed by atoms with Gasteiger partial charge >= 0.3 is 0 Å². The van der Waals surface area contributed by atoms with Gasteiger partial charge in [0.2, 0.25) is 0 Å². The number of hydrogen-bond acceptors (Lipinski definition) is 0. The summed E-state index contributed by atoms with van der Waals surface area (Å²) >= 11 is 17.7. The van der Waals surface area contributed by atoms with Gasteiger partial charge in [0.15, 0.2) is 0 Å². The number of hydrogen-bond donors (Lipinski definition) is 0. The van der Waals surface area contributed by atoms with Crippen LogP contribution < -0.4 is 0 Å². The highest BCUT2D eigenvalue weighted by Crippen LogP contribution is 2.29. The van der Waals surface area contributed by atoms with Crippen LogP contribution in [0, 0.1) is 5.82 Å². The Bertz CT molecular complexity index is 537. The molecule has 0 amide bonds. The fourth-order valence-corrected chi connectivity index (χ4v) is 2.33. The van der Waals surface area contributed by atoms with Crippen molar-refractivity contribution in [2.45, 2.75) is 11.8 Å². The summed E-state index contributed by atoms with van der Waals surface area (Å²) in [7, 11) is 0. The molecule has 1 atom stereocenters. The lowest BCUT2D eigenvalue weighted by molar-refractivity contribution is 0.606. The van der Waals surface area contributed by atoms with Gasteiger partial charge < -0.3 is 0 Å². The Morgan fingerprint density at radius 1 is 0.944 bits per heavy atom. The van der Waals surface area contributed by atoms with Gasteiger partial charge in [-0.15, -0.1) is 11.6 Å². The molecular weight excluding hydrogens is 294 g/mol. The molecule has 2 aromatic rings. The Balaban J connectivity index is 2.16. The third-order valence-electron chi connectivity index (χ3n) is 2.63. The van der Waals surface area contributed by atoms with Gasteiger partial charge in [-0.1, -0.05) is 41.4 Å². The standard InChI is InChI=1S/C14H10Cl3F/c15-10-3-1-9(2-4-10)7-13(17)12-6-5-11(16)8-14(12)18/h1-6,8,13H,7H2. The Kier molecular flexibility index (Phi) is 4.50. The first kappa shape index (κ1) is 13.7. The van der Waals surface area contributed by atoms with E-state index in [0.717, 1.165) is 5.56 Å². The lowest BCUT2D eigenvalue weighted by Crippen LogP contribution is -1.99.